The van der Waals surface area contributed by atoms with E-state index in [0.29, 0.717) is 0 Å². The van der Waals surface area contributed by atoms with Gasteiger partial charge in [-0.3, -0.25) is 9.59 Å². The predicted molar refractivity (Wildman–Crippen MR) is 177 cm³/mol. The van der Waals surface area contributed by atoms with Gasteiger partial charge in [0.05, 0.1) is 50.0 Å². The second-order valence-electron chi connectivity index (χ2n) is 13.3. The Morgan fingerprint density at radius 2 is 1.46 bits per heavy atom. The Hall–Kier alpha value is -3.80. The lowest BCUT2D eigenvalue weighted by atomic mass is 9.94. The number of alkyl halides is 3. The standard InChI is InChI=1S/C35H45F3N4O10/c1-34(2,3)33(44)52-27-24(40-32(43)35(36,37)38)16-23(19-47-17-21-12-8-6-9-13-21)49-31(27)51-28-25(20-48-18-22-14-10-7-11-15-22)50-30(46-5)29(45-4)26(28)41-42-39/h6-15,23-31H,16-20H2,1-5H3,(H,40,43)/t23-,24-,25+,26+,27+,28-,29+,30+,31-/m0/s1. The van der Waals surface area contributed by atoms with Crippen molar-refractivity contribution in [1.82, 2.24) is 5.32 Å². The van der Waals surface area contributed by atoms with Crippen LogP contribution in [-0.4, -0.2) is 101 Å². The quantitative estimate of drug-likeness (QED) is 0.114. The number of benzene rings is 2. The lowest BCUT2D eigenvalue weighted by Crippen LogP contribution is -2.65. The molecule has 0 spiro atoms. The Kier molecular flexibility index (Phi) is 14.8. The smallest absolute Gasteiger partial charge is 0.454 e. The second kappa shape index (κ2) is 18.8. The molecule has 52 heavy (non-hydrogen) atoms. The largest absolute Gasteiger partial charge is 0.471 e. The highest BCUT2D eigenvalue weighted by molar-refractivity contribution is 5.82. The van der Waals surface area contributed by atoms with Crippen LogP contribution in [0.1, 0.15) is 38.3 Å². The first-order valence-corrected chi connectivity index (χ1v) is 16.6. The fourth-order valence-electron chi connectivity index (χ4n) is 5.71. The van der Waals surface area contributed by atoms with Crippen LogP contribution in [-0.2, 0) is 60.7 Å². The maximum Gasteiger partial charge on any atom is 0.471 e. The molecule has 0 aromatic heterocycles. The highest BCUT2D eigenvalue weighted by atomic mass is 19.4. The summed E-state index contributed by atoms with van der Waals surface area (Å²) in [5.74, 6) is -3.05. The van der Waals surface area contributed by atoms with Gasteiger partial charge in [0.2, 0.25) is 0 Å². The Bertz CT molecular complexity index is 1480. The maximum atomic E-state index is 13.6. The van der Waals surface area contributed by atoms with Crippen molar-refractivity contribution in [3.05, 3.63) is 82.2 Å². The van der Waals surface area contributed by atoms with Gasteiger partial charge >= 0.3 is 18.1 Å². The number of ether oxygens (including phenoxy) is 8. The molecular weight excluding hydrogens is 693 g/mol. The minimum atomic E-state index is -5.25. The van der Waals surface area contributed by atoms with Crippen LogP contribution in [0.25, 0.3) is 10.4 Å². The SMILES string of the molecule is CO[C@@H]1O[C@H](COCc2ccccc2)[C@H](O[C@@H]2O[C@H](COCc3ccccc3)C[C@H](NC(=O)C(F)(F)F)[C@H]2OC(=O)C(C)(C)C)[C@@H](N=[N+]=[N-])[C@H]1OC. The minimum Gasteiger partial charge on any atom is -0.454 e. The number of amides is 1. The van der Waals surface area contributed by atoms with Crippen LogP contribution in [0.5, 0.6) is 0 Å². The molecule has 2 fully saturated rings. The third-order valence-corrected chi connectivity index (χ3v) is 8.34. The Morgan fingerprint density at radius 1 is 0.865 bits per heavy atom. The summed E-state index contributed by atoms with van der Waals surface area (Å²) >= 11 is 0. The van der Waals surface area contributed by atoms with Crippen LogP contribution in [0.2, 0.25) is 0 Å². The molecule has 4 rings (SSSR count). The van der Waals surface area contributed by atoms with Gasteiger partial charge in [-0.25, -0.2) is 0 Å². The van der Waals surface area contributed by atoms with E-state index in [4.69, 9.17) is 37.9 Å². The molecular formula is C35H45F3N4O10. The van der Waals surface area contributed by atoms with Crippen molar-refractivity contribution >= 4 is 11.9 Å². The van der Waals surface area contributed by atoms with Crippen LogP contribution in [0.15, 0.2) is 65.8 Å². The number of hydrogen-bond donors (Lipinski definition) is 1. The maximum absolute atomic E-state index is 13.6. The van der Waals surface area contributed by atoms with Crippen molar-refractivity contribution in [3.63, 3.8) is 0 Å². The van der Waals surface area contributed by atoms with Gasteiger partial charge in [0, 0.05) is 19.1 Å². The van der Waals surface area contributed by atoms with E-state index < -0.39 is 78.7 Å². The summed E-state index contributed by atoms with van der Waals surface area (Å²) in [5, 5.41) is 5.90. The molecule has 0 radical (unpaired) electrons. The summed E-state index contributed by atoms with van der Waals surface area (Å²) in [6, 6.07) is 15.8. The summed E-state index contributed by atoms with van der Waals surface area (Å²) in [6.07, 6.45) is -14.1. The number of hydrogen-bond acceptors (Lipinski definition) is 11. The fourth-order valence-corrected chi connectivity index (χ4v) is 5.71. The number of rotatable bonds is 15. The Balaban J connectivity index is 1.69. The van der Waals surface area contributed by atoms with Crippen molar-refractivity contribution in [2.75, 3.05) is 27.4 Å². The first kappa shape index (κ1) is 41.0. The van der Waals surface area contributed by atoms with Crippen molar-refractivity contribution in [3.8, 4) is 0 Å². The third-order valence-electron chi connectivity index (χ3n) is 8.34. The number of methoxy groups -OCH3 is 2. The molecule has 0 unspecified atom stereocenters. The summed E-state index contributed by atoms with van der Waals surface area (Å²) in [5.41, 5.74) is 10.2. The Morgan fingerprint density at radius 3 is 1.98 bits per heavy atom. The van der Waals surface area contributed by atoms with Gasteiger partial charge in [-0.15, -0.1) is 0 Å². The molecule has 2 saturated heterocycles. The molecule has 2 aliphatic rings. The van der Waals surface area contributed by atoms with E-state index >= 15 is 0 Å². The van der Waals surface area contributed by atoms with E-state index in [1.165, 1.54) is 14.2 Å². The van der Waals surface area contributed by atoms with E-state index in [-0.39, 0.29) is 32.8 Å². The normalized spacial score (nSPS) is 28.0. The summed E-state index contributed by atoms with van der Waals surface area (Å²) in [6.45, 7) is 4.72. The van der Waals surface area contributed by atoms with Gasteiger partial charge in [-0.05, 0) is 43.9 Å². The van der Waals surface area contributed by atoms with E-state index in [1.54, 1.807) is 20.8 Å². The topological polar surface area (TPSA) is 169 Å². The van der Waals surface area contributed by atoms with Gasteiger partial charge in [0.15, 0.2) is 18.7 Å². The van der Waals surface area contributed by atoms with Crippen molar-refractivity contribution in [2.45, 2.75) is 102 Å². The van der Waals surface area contributed by atoms with Crippen LogP contribution in [0.4, 0.5) is 13.2 Å². The van der Waals surface area contributed by atoms with E-state index in [2.05, 4.69) is 10.0 Å². The molecule has 9 atom stereocenters. The number of halogens is 3. The zero-order chi connectivity index (χ0) is 37.9. The molecule has 0 aliphatic carbocycles. The number of nitrogens with zero attached hydrogens (tertiary/aromatic N) is 3. The van der Waals surface area contributed by atoms with Crippen molar-refractivity contribution in [1.29, 1.82) is 0 Å². The number of carbonyl (C=O) groups excluding carboxylic acids is 2. The minimum absolute atomic E-state index is 0.135. The molecule has 286 valence electrons. The molecule has 17 heteroatoms. The summed E-state index contributed by atoms with van der Waals surface area (Å²) < 4.78 is 88.4. The molecule has 14 nitrogen and oxygen atoms in total. The van der Waals surface area contributed by atoms with Gasteiger partial charge < -0.3 is 43.2 Å². The van der Waals surface area contributed by atoms with Gasteiger partial charge in [-0.1, -0.05) is 65.8 Å². The van der Waals surface area contributed by atoms with Crippen LogP contribution >= 0.6 is 0 Å². The van der Waals surface area contributed by atoms with Gasteiger partial charge in [-0.2, -0.15) is 13.2 Å². The molecule has 2 aromatic carbocycles. The first-order chi connectivity index (χ1) is 24.7. The zero-order valence-corrected chi connectivity index (χ0v) is 29.6. The van der Waals surface area contributed by atoms with E-state index in [0.717, 1.165) is 11.1 Å². The fraction of sp³-hybridized carbons (Fsp3) is 0.600. The number of carbonyl (C=O) groups is 2. The van der Waals surface area contributed by atoms with Crippen LogP contribution < -0.4 is 5.32 Å². The molecule has 2 aliphatic heterocycles. The lowest BCUT2D eigenvalue weighted by molar-refractivity contribution is -0.329. The highest BCUT2D eigenvalue weighted by Crippen LogP contribution is 2.34. The molecule has 1 amide bonds. The summed E-state index contributed by atoms with van der Waals surface area (Å²) in [7, 11) is 2.71. The first-order valence-electron chi connectivity index (χ1n) is 16.6. The molecule has 2 heterocycles. The molecule has 2 aromatic rings. The number of azide groups is 1. The lowest BCUT2D eigenvalue weighted by Gasteiger charge is -2.47. The zero-order valence-electron chi connectivity index (χ0n) is 29.6. The van der Waals surface area contributed by atoms with E-state index in [9.17, 15) is 28.3 Å². The molecule has 0 saturated carbocycles. The number of nitrogens with one attached hydrogen (secondary N) is 1. The molecule has 0 bridgehead atoms. The average molecular weight is 739 g/mol. The Labute approximate surface area is 299 Å². The predicted octanol–water partition coefficient (Wildman–Crippen LogP) is 4.99. The van der Waals surface area contributed by atoms with Gasteiger partial charge in [0.25, 0.3) is 0 Å². The van der Waals surface area contributed by atoms with Crippen molar-refractivity contribution in [2.24, 2.45) is 10.5 Å². The monoisotopic (exact) mass is 738 g/mol. The highest BCUT2D eigenvalue weighted by Gasteiger charge is 2.53. The third kappa shape index (κ3) is 11.3. The molecule has 1 N–H and O–H groups in total. The average Bonchev–Trinajstić information content (AvgIpc) is 3.10. The van der Waals surface area contributed by atoms with Crippen LogP contribution in [0, 0.1) is 5.41 Å². The number of esters is 1. The van der Waals surface area contributed by atoms with Crippen LogP contribution in [0.3, 0.4) is 0 Å². The summed E-state index contributed by atoms with van der Waals surface area (Å²) in [4.78, 5) is 28.6. The second-order valence-corrected chi connectivity index (χ2v) is 13.3. The van der Waals surface area contributed by atoms with Crippen molar-refractivity contribution < 1.29 is 60.7 Å². The van der Waals surface area contributed by atoms with Gasteiger partial charge in [0.1, 0.15) is 18.3 Å². The van der Waals surface area contributed by atoms with E-state index in [1.807, 2.05) is 66.0 Å².